The van der Waals surface area contributed by atoms with Crippen LogP contribution in [0.3, 0.4) is 0 Å². The summed E-state index contributed by atoms with van der Waals surface area (Å²) >= 11 is 0. The van der Waals surface area contributed by atoms with Gasteiger partial charge in [-0.3, -0.25) is 5.84 Å². The summed E-state index contributed by atoms with van der Waals surface area (Å²) in [4.78, 5) is 31.2. The maximum Gasteiger partial charge on any atom is 0.172 e. The van der Waals surface area contributed by atoms with Gasteiger partial charge in [-0.1, -0.05) is 5.01 Å². The van der Waals surface area contributed by atoms with Crippen molar-refractivity contribution in [2.24, 2.45) is 16.4 Å². The van der Waals surface area contributed by atoms with Gasteiger partial charge in [0.05, 0.1) is 10.6 Å². The van der Waals surface area contributed by atoms with Gasteiger partial charge in [0, 0.05) is 0 Å². The fourth-order valence-corrected chi connectivity index (χ4v) is 1.18. The van der Waals surface area contributed by atoms with Gasteiger partial charge in [0.1, 0.15) is 20.0 Å². The summed E-state index contributed by atoms with van der Waals surface area (Å²) in [6, 6.07) is 0. The smallest absolute Gasteiger partial charge is 0.172 e. The average molecular weight is 234 g/mol. The van der Waals surface area contributed by atoms with E-state index in [1.807, 2.05) is 0 Å². The van der Waals surface area contributed by atoms with E-state index >= 15 is 0 Å². The molecule has 0 aromatic carbocycles. The zero-order chi connectivity index (χ0) is 12.1. The van der Waals surface area contributed by atoms with Gasteiger partial charge in [-0.25, -0.2) is 25.1 Å². The highest BCUT2D eigenvalue weighted by Gasteiger charge is 2.26. The van der Waals surface area contributed by atoms with Crippen LogP contribution in [0.1, 0.15) is 0 Å². The third kappa shape index (κ3) is 2.96. The average Bonchev–Trinajstić information content (AvgIpc) is 2.22. The van der Waals surface area contributed by atoms with Crippen LogP contribution in [-0.4, -0.2) is 51.7 Å². The minimum absolute atomic E-state index is 0.139. The molecule has 0 spiro atoms. The van der Waals surface area contributed by atoms with Crippen LogP contribution in [0.2, 0.25) is 0 Å². The molecule has 1 fully saturated rings. The Morgan fingerprint density at radius 3 is 2.12 bits per heavy atom. The third-order valence-electron chi connectivity index (χ3n) is 1.80. The lowest BCUT2D eigenvalue weighted by molar-refractivity contribution is -0.665. The van der Waals surface area contributed by atoms with Gasteiger partial charge < -0.3 is 0 Å². The molecular weight excluding hydrogens is 224 g/mol. The molecule has 0 bridgehead atoms. The van der Waals surface area contributed by atoms with Crippen LogP contribution in [0, 0.1) is 19.9 Å². The molecule has 1 rings (SSSR count). The minimum Gasteiger partial charge on any atom is -0.265 e. The maximum absolute atomic E-state index is 10.6. The van der Waals surface area contributed by atoms with Crippen LogP contribution in [0.25, 0.3) is 0 Å². The van der Waals surface area contributed by atoms with Crippen molar-refractivity contribution in [3.05, 3.63) is 19.9 Å². The summed E-state index contributed by atoms with van der Waals surface area (Å²) in [7, 11) is 0. The van der Waals surface area contributed by atoms with Gasteiger partial charge >= 0.3 is 0 Å². The number of hydrazine groups is 2. The molecule has 0 atom stereocenters. The summed E-state index contributed by atoms with van der Waals surface area (Å²) in [6.07, 6.45) is 0. The van der Waals surface area contributed by atoms with Crippen molar-refractivity contribution in [3.63, 3.8) is 0 Å². The zero-order valence-electron chi connectivity index (χ0n) is 8.17. The van der Waals surface area contributed by atoms with Gasteiger partial charge in [-0.15, -0.1) is 9.81 Å². The molecule has 12 heteroatoms. The Bertz CT molecular complexity index is 285. The highest BCUT2D eigenvalue weighted by molar-refractivity contribution is 4.56. The summed E-state index contributed by atoms with van der Waals surface area (Å²) < 4.78 is 0. The first kappa shape index (κ1) is 12.0. The molecule has 0 saturated carbocycles. The van der Waals surface area contributed by atoms with E-state index in [0.29, 0.717) is 5.01 Å². The van der Waals surface area contributed by atoms with E-state index in [1.54, 1.807) is 0 Å². The number of nitro groups is 1. The molecule has 0 amide bonds. The molecule has 0 radical (unpaired) electrons. The molecule has 1 aliphatic rings. The first-order valence-corrected chi connectivity index (χ1v) is 4.12. The van der Waals surface area contributed by atoms with Crippen molar-refractivity contribution in [1.29, 1.82) is 0 Å². The summed E-state index contributed by atoms with van der Waals surface area (Å²) in [5, 5.41) is 18.4. The van der Waals surface area contributed by atoms with Crippen molar-refractivity contribution >= 4 is 0 Å². The first-order valence-electron chi connectivity index (χ1n) is 4.12. The second-order valence-corrected chi connectivity index (χ2v) is 3.07. The molecule has 90 valence electrons. The monoisotopic (exact) mass is 234 g/mol. The second kappa shape index (κ2) is 5.13. The number of hydrogen-bond donors (Lipinski definition) is 1. The molecule has 12 nitrogen and oxygen atoms in total. The van der Waals surface area contributed by atoms with Crippen LogP contribution in [0.5, 0.6) is 0 Å². The van der Waals surface area contributed by atoms with Crippen LogP contribution in [-0.2, 0) is 0 Å². The van der Waals surface area contributed by atoms with Crippen LogP contribution in [0.15, 0.2) is 10.6 Å². The predicted octanol–water partition coefficient (Wildman–Crippen LogP) is -1.53. The molecule has 1 heterocycles. The fraction of sp³-hybridized carbons (Fsp3) is 1.00. The molecule has 16 heavy (non-hydrogen) atoms. The van der Waals surface area contributed by atoms with E-state index < -0.39 is 5.03 Å². The van der Waals surface area contributed by atoms with E-state index in [-0.39, 0.29) is 26.7 Å². The number of rotatable bonds is 3. The number of hydrogen-bond acceptors (Lipinski definition) is 8. The Labute approximate surface area is 89.1 Å². The standard InChI is InChI=1S/C4H10N8O4/c5-8-1-9(6-13)3-10(7-14)4-11(2-8)12(15)16/h1-5H2. The lowest BCUT2D eigenvalue weighted by Gasteiger charge is -2.31. The molecule has 0 aromatic heterocycles. The van der Waals surface area contributed by atoms with E-state index in [9.17, 15) is 19.9 Å². The van der Waals surface area contributed by atoms with Crippen LogP contribution in [0.4, 0.5) is 0 Å². The van der Waals surface area contributed by atoms with Crippen LogP contribution < -0.4 is 5.84 Å². The Balaban J connectivity index is 2.74. The molecule has 0 aliphatic carbocycles. The normalized spacial score (nSPS) is 18.9. The second-order valence-electron chi connectivity index (χ2n) is 3.07. The zero-order valence-corrected chi connectivity index (χ0v) is 8.17. The largest absolute Gasteiger partial charge is 0.265 e. The topological polar surface area (TPSA) is 141 Å². The van der Waals surface area contributed by atoms with Crippen molar-refractivity contribution < 1.29 is 5.03 Å². The van der Waals surface area contributed by atoms with E-state index in [2.05, 4.69) is 10.6 Å². The number of nitrogens with two attached hydrogens (primary N) is 1. The Morgan fingerprint density at radius 1 is 1.06 bits per heavy atom. The summed E-state index contributed by atoms with van der Waals surface area (Å²) in [6.45, 7) is -1.04. The summed E-state index contributed by atoms with van der Waals surface area (Å²) in [5.74, 6) is 5.40. The Hall–Kier alpha value is -2.08. The van der Waals surface area contributed by atoms with Gasteiger partial charge in [0.15, 0.2) is 11.7 Å². The Kier molecular flexibility index (Phi) is 3.84. The molecular formula is C4H10N8O4. The number of nitroso groups, excluding NO2 is 2. The van der Waals surface area contributed by atoms with Crippen molar-refractivity contribution in [3.8, 4) is 0 Å². The molecule has 1 saturated heterocycles. The first-order chi connectivity index (χ1) is 7.56. The van der Waals surface area contributed by atoms with E-state index in [0.717, 1.165) is 15.0 Å². The van der Waals surface area contributed by atoms with E-state index in [1.165, 1.54) is 0 Å². The third-order valence-corrected chi connectivity index (χ3v) is 1.80. The minimum atomic E-state index is -0.706. The highest BCUT2D eigenvalue weighted by Crippen LogP contribution is 2.04. The highest BCUT2D eigenvalue weighted by atomic mass is 16.7. The fourth-order valence-electron chi connectivity index (χ4n) is 1.18. The maximum atomic E-state index is 10.6. The molecule has 0 aromatic rings. The lowest BCUT2D eigenvalue weighted by Crippen LogP contribution is -2.55. The predicted molar refractivity (Wildman–Crippen MR) is 49.6 cm³/mol. The van der Waals surface area contributed by atoms with Crippen LogP contribution >= 0.6 is 0 Å². The van der Waals surface area contributed by atoms with Gasteiger partial charge in [-0.05, 0) is 0 Å². The Morgan fingerprint density at radius 2 is 1.62 bits per heavy atom. The van der Waals surface area contributed by atoms with Crippen molar-refractivity contribution in [2.75, 3.05) is 26.7 Å². The molecule has 1 aliphatic heterocycles. The SMILES string of the molecule is NN1CN(N=O)CN(N=O)CN([N+](=O)[O-])C1. The quantitative estimate of drug-likeness (QED) is 0.266. The molecule has 2 N–H and O–H groups in total. The lowest BCUT2D eigenvalue weighted by atomic mass is 10.7. The van der Waals surface area contributed by atoms with E-state index in [4.69, 9.17) is 5.84 Å². The number of nitrogens with zero attached hydrogens (tertiary/aromatic N) is 7. The molecule has 0 unspecified atom stereocenters. The van der Waals surface area contributed by atoms with Gasteiger partial charge in [-0.2, -0.15) is 0 Å². The van der Waals surface area contributed by atoms with Crippen molar-refractivity contribution in [1.82, 2.24) is 20.0 Å². The van der Waals surface area contributed by atoms with Crippen molar-refractivity contribution in [2.45, 2.75) is 0 Å². The van der Waals surface area contributed by atoms with Gasteiger partial charge in [0.25, 0.3) is 0 Å². The summed E-state index contributed by atoms with van der Waals surface area (Å²) in [5.41, 5.74) is 0. The van der Waals surface area contributed by atoms with Gasteiger partial charge in [0.2, 0.25) is 0 Å².